The molecule has 72 valence electrons. The topological polar surface area (TPSA) is 32.3 Å². The van der Waals surface area contributed by atoms with Crippen LogP contribution < -0.4 is 5.32 Å². The number of aliphatic hydroxyl groups excluding tert-OH is 1. The summed E-state index contributed by atoms with van der Waals surface area (Å²) in [6, 6.07) is 4.09. The molecule has 0 aliphatic rings. The molecule has 0 unspecified atom stereocenters. The molecule has 0 amide bonds. The first-order valence-corrected chi connectivity index (χ1v) is 5.06. The maximum absolute atomic E-state index is 8.66. The van der Waals surface area contributed by atoms with Crippen LogP contribution in [0.1, 0.15) is 11.1 Å². The van der Waals surface area contributed by atoms with E-state index in [1.165, 1.54) is 11.1 Å². The fraction of sp³-hybridized carbons (Fsp3) is 0.400. The van der Waals surface area contributed by atoms with Gasteiger partial charge in [0.1, 0.15) is 0 Å². The van der Waals surface area contributed by atoms with E-state index in [1.807, 2.05) is 6.07 Å². The van der Waals surface area contributed by atoms with Crippen LogP contribution >= 0.6 is 15.9 Å². The first kappa shape index (κ1) is 10.5. The lowest BCUT2D eigenvalue weighted by atomic mass is 10.1. The Labute approximate surface area is 87.1 Å². The van der Waals surface area contributed by atoms with Gasteiger partial charge >= 0.3 is 0 Å². The predicted molar refractivity (Wildman–Crippen MR) is 59.2 cm³/mol. The van der Waals surface area contributed by atoms with Crippen LogP contribution in [0.15, 0.2) is 16.6 Å². The molecule has 1 aromatic carbocycles. The molecule has 13 heavy (non-hydrogen) atoms. The van der Waals surface area contributed by atoms with E-state index in [0.29, 0.717) is 6.54 Å². The Morgan fingerprint density at radius 1 is 1.38 bits per heavy atom. The average Bonchev–Trinajstić information content (AvgIpc) is 2.13. The number of anilines is 1. The van der Waals surface area contributed by atoms with Crippen LogP contribution in [0, 0.1) is 13.8 Å². The number of hydrogen-bond acceptors (Lipinski definition) is 2. The number of halogens is 1. The Morgan fingerprint density at radius 2 is 2.08 bits per heavy atom. The van der Waals surface area contributed by atoms with Crippen molar-refractivity contribution < 1.29 is 5.11 Å². The summed E-state index contributed by atoms with van der Waals surface area (Å²) >= 11 is 3.52. The van der Waals surface area contributed by atoms with Crippen molar-refractivity contribution >= 4 is 21.6 Å². The standard InChI is InChI=1S/C10H14BrNO/c1-7-3-4-9(12-5-6-13)10(11)8(7)2/h3-4,12-13H,5-6H2,1-2H3. The van der Waals surface area contributed by atoms with Crippen LogP contribution in [0.3, 0.4) is 0 Å². The summed E-state index contributed by atoms with van der Waals surface area (Å²) in [5.74, 6) is 0. The Balaban J connectivity index is 2.90. The van der Waals surface area contributed by atoms with Gasteiger partial charge in [0, 0.05) is 16.7 Å². The molecule has 0 bridgehead atoms. The van der Waals surface area contributed by atoms with Gasteiger partial charge < -0.3 is 10.4 Å². The summed E-state index contributed by atoms with van der Waals surface area (Å²) in [5.41, 5.74) is 3.54. The monoisotopic (exact) mass is 243 g/mol. The quantitative estimate of drug-likeness (QED) is 0.856. The predicted octanol–water partition coefficient (Wildman–Crippen LogP) is 2.47. The highest BCUT2D eigenvalue weighted by molar-refractivity contribution is 9.10. The number of aliphatic hydroxyl groups is 1. The summed E-state index contributed by atoms with van der Waals surface area (Å²) in [7, 11) is 0. The summed E-state index contributed by atoms with van der Waals surface area (Å²) in [4.78, 5) is 0. The van der Waals surface area contributed by atoms with Crippen LogP contribution in [0.5, 0.6) is 0 Å². The van der Waals surface area contributed by atoms with E-state index >= 15 is 0 Å². The minimum Gasteiger partial charge on any atom is -0.395 e. The third-order valence-electron chi connectivity index (χ3n) is 2.08. The fourth-order valence-corrected chi connectivity index (χ4v) is 1.69. The zero-order chi connectivity index (χ0) is 9.84. The number of rotatable bonds is 3. The zero-order valence-corrected chi connectivity index (χ0v) is 9.48. The molecule has 0 spiro atoms. The summed E-state index contributed by atoms with van der Waals surface area (Å²) in [6.45, 7) is 4.89. The van der Waals surface area contributed by atoms with Crippen LogP contribution in [0.4, 0.5) is 5.69 Å². The highest BCUT2D eigenvalue weighted by Gasteiger charge is 2.03. The van der Waals surface area contributed by atoms with Crippen LogP contribution in [-0.4, -0.2) is 18.3 Å². The van der Waals surface area contributed by atoms with E-state index < -0.39 is 0 Å². The Morgan fingerprint density at radius 3 is 2.69 bits per heavy atom. The van der Waals surface area contributed by atoms with Crippen molar-refractivity contribution in [1.29, 1.82) is 0 Å². The number of nitrogens with one attached hydrogen (secondary N) is 1. The smallest absolute Gasteiger partial charge is 0.0604 e. The zero-order valence-electron chi connectivity index (χ0n) is 7.89. The molecule has 0 aliphatic heterocycles. The lowest BCUT2D eigenvalue weighted by Crippen LogP contribution is -2.06. The van der Waals surface area contributed by atoms with E-state index in [-0.39, 0.29) is 6.61 Å². The molecule has 0 aromatic heterocycles. The minimum atomic E-state index is 0.152. The Hall–Kier alpha value is -0.540. The molecule has 1 rings (SSSR count). The van der Waals surface area contributed by atoms with Gasteiger partial charge in [-0.1, -0.05) is 6.07 Å². The van der Waals surface area contributed by atoms with Gasteiger partial charge in [0.2, 0.25) is 0 Å². The molecule has 1 aromatic rings. The van der Waals surface area contributed by atoms with E-state index in [4.69, 9.17) is 5.11 Å². The van der Waals surface area contributed by atoms with Crippen molar-refractivity contribution in [3.63, 3.8) is 0 Å². The third-order valence-corrected chi connectivity index (χ3v) is 3.11. The first-order chi connectivity index (χ1) is 6.16. The van der Waals surface area contributed by atoms with Crippen molar-refractivity contribution in [3.8, 4) is 0 Å². The second-order valence-electron chi connectivity index (χ2n) is 3.02. The maximum Gasteiger partial charge on any atom is 0.0604 e. The summed E-state index contributed by atoms with van der Waals surface area (Å²) in [6.07, 6.45) is 0. The van der Waals surface area contributed by atoms with Crippen molar-refractivity contribution in [2.45, 2.75) is 13.8 Å². The number of hydrogen-bond donors (Lipinski definition) is 2. The second kappa shape index (κ2) is 4.63. The van der Waals surface area contributed by atoms with Gasteiger partial charge in [0.25, 0.3) is 0 Å². The molecule has 0 saturated carbocycles. The molecule has 0 aliphatic carbocycles. The molecule has 0 atom stereocenters. The highest BCUT2D eigenvalue weighted by Crippen LogP contribution is 2.27. The summed E-state index contributed by atoms with van der Waals surface area (Å²) in [5, 5.41) is 11.8. The minimum absolute atomic E-state index is 0.152. The summed E-state index contributed by atoms with van der Waals surface area (Å²) < 4.78 is 1.08. The molecule has 2 nitrogen and oxygen atoms in total. The van der Waals surface area contributed by atoms with Crippen LogP contribution in [-0.2, 0) is 0 Å². The van der Waals surface area contributed by atoms with Crippen LogP contribution in [0.25, 0.3) is 0 Å². The van der Waals surface area contributed by atoms with Gasteiger partial charge in [0.05, 0.1) is 6.61 Å². The highest BCUT2D eigenvalue weighted by atomic mass is 79.9. The van der Waals surface area contributed by atoms with Crippen molar-refractivity contribution in [2.24, 2.45) is 0 Å². The second-order valence-corrected chi connectivity index (χ2v) is 3.81. The van der Waals surface area contributed by atoms with Gasteiger partial charge in [-0.2, -0.15) is 0 Å². The van der Waals surface area contributed by atoms with Crippen molar-refractivity contribution in [1.82, 2.24) is 0 Å². The Bertz CT molecular complexity index is 299. The van der Waals surface area contributed by atoms with Crippen LogP contribution in [0.2, 0.25) is 0 Å². The number of aryl methyl sites for hydroxylation is 1. The SMILES string of the molecule is Cc1ccc(NCCO)c(Br)c1C. The molecular formula is C10H14BrNO. The fourth-order valence-electron chi connectivity index (χ4n) is 1.11. The molecule has 0 heterocycles. The number of benzene rings is 1. The lowest BCUT2D eigenvalue weighted by molar-refractivity contribution is 0.311. The molecule has 2 N–H and O–H groups in total. The average molecular weight is 244 g/mol. The first-order valence-electron chi connectivity index (χ1n) is 4.27. The van der Waals surface area contributed by atoms with E-state index in [2.05, 4.69) is 41.2 Å². The van der Waals surface area contributed by atoms with Gasteiger partial charge in [-0.15, -0.1) is 0 Å². The van der Waals surface area contributed by atoms with Gasteiger partial charge in [0.15, 0.2) is 0 Å². The molecule has 0 fully saturated rings. The molecule has 0 radical (unpaired) electrons. The third kappa shape index (κ3) is 2.45. The van der Waals surface area contributed by atoms with E-state index in [1.54, 1.807) is 0 Å². The molecule has 3 heteroatoms. The molecule has 0 saturated heterocycles. The Kier molecular flexibility index (Phi) is 3.75. The van der Waals surface area contributed by atoms with Crippen molar-refractivity contribution in [3.05, 3.63) is 27.7 Å². The van der Waals surface area contributed by atoms with Gasteiger partial charge in [-0.3, -0.25) is 0 Å². The van der Waals surface area contributed by atoms with Gasteiger partial charge in [-0.25, -0.2) is 0 Å². The molecular weight excluding hydrogens is 230 g/mol. The largest absolute Gasteiger partial charge is 0.395 e. The van der Waals surface area contributed by atoms with Crippen molar-refractivity contribution in [2.75, 3.05) is 18.5 Å². The maximum atomic E-state index is 8.66. The van der Waals surface area contributed by atoms with E-state index in [0.717, 1.165) is 10.2 Å². The lowest BCUT2D eigenvalue weighted by Gasteiger charge is -2.10. The normalized spacial score (nSPS) is 10.2. The van der Waals surface area contributed by atoms with Gasteiger partial charge in [-0.05, 0) is 47.0 Å². The van der Waals surface area contributed by atoms with E-state index in [9.17, 15) is 0 Å².